The smallest absolute Gasteiger partial charge is 0.229 e. The summed E-state index contributed by atoms with van der Waals surface area (Å²) in [6, 6.07) is 1.84. The molecule has 0 unspecified atom stereocenters. The largest absolute Gasteiger partial charge is 0.338 e. The minimum Gasteiger partial charge on any atom is -0.338 e. The van der Waals surface area contributed by atoms with E-state index in [4.69, 9.17) is 0 Å². The summed E-state index contributed by atoms with van der Waals surface area (Å²) in [5.41, 5.74) is -0.0245. The molecule has 7 heteroatoms. The number of nitrogens with zero attached hydrogens (tertiary/aromatic N) is 5. The molecule has 3 aliphatic rings. The van der Waals surface area contributed by atoms with Gasteiger partial charge in [-0.25, -0.2) is 9.97 Å². The summed E-state index contributed by atoms with van der Waals surface area (Å²) in [7, 11) is 0. The second kappa shape index (κ2) is 9.86. The van der Waals surface area contributed by atoms with Gasteiger partial charge < -0.3 is 4.90 Å². The highest BCUT2D eigenvalue weighted by Gasteiger charge is 2.43. The number of anilines is 1. The van der Waals surface area contributed by atoms with Gasteiger partial charge in [-0.3, -0.25) is 19.4 Å². The quantitative estimate of drug-likeness (QED) is 0.528. The van der Waals surface area contributed by atoms with Crippen LogP contribution in [-0.2, 0) is 9.59 Å². The molecule has 1 aromatic heterocycles. The van der Waals surface area contributed by atoms with Gasteiger partial charge in [-0.2, -0.15) is 0 Å². The number of imide groups is 1. The predicted molar refractivity (Wildman–Crippen MR) is 116 cm³/mol. The highest BCUT2D eigenvalue weighted by molar-refractivity contribution is 5.98. The third-order valence-electron chi connectivity index (χ3n) is 7.13. The topological polar surface area (TPSA) is 69.6 Å². The zero-order chi connectivity index (χ0) is 20.8. The summed E-state index contributed by atoms with van der Waals surface area (Å²) >= 11 is 0. The van der Waals surface area contributed by atoms with Crippen molar-refractivity contribution < 1.29 is 9.59 Å². The van der Waals surface area contributed by atoms with E-state index >= 15 is 0 Å². The average Bonchev–Trinajstić information content (AvgIpc) is 2.99. The van der Waals surface area contributed by atoms with Crippen molar-refractivity contribution in [3.8, 4) is 0 Å². The van der Waals surface area contributed by atoms with Crippen LogP contribution in [0.15, 0.2) is 18.5 Å². The molecule has 0 radical (unpaired) electrons. The van der Waals surface area contributed by atoms with Crippen LogP contribution in [0.5, 0.6) is 0 Å². The van der Waals surface area contributed by atoms with E-state index in [0.29, 0.717) is 19.4 Å². The van der Waals surface area contributed by atoms with E-state index in [1.54, 1.807) is 17.3 Å². The van der Waals surface area contributed by atoms with Gasteiger partial charge in [0.25, 0.3) is 0 Å². The van der Waals surface area contributed by atoms with Gasteiger partial charge in [0.15, 0.2) is 0 Å². The first-order valence-electron chi connectivity index (χ1n) is 11.7. The summed E-state index contributed by atoms with van der Waals surface area (Å²) in [4.78, 5) is 40.4. The van der Waals surface area contributed by atoms with Crippen LogP contribution < -0.4 is 4.90 Å². The van der Waals surface area contributed by atoms with Crippen molar-refractivity contribution >= 4 is 17.8 Å². The number of carbonyl (C=O) groups excluding carboxylic acids is 2. The van der Waals surface area contributed by atoms with Crippen LogP contribution in [0.3, 0.4) is 0 Å². The number of aromatic nitrogens is 2. The number of hydrogen-bond acceptors (Lipinski definition) is 6. The second-order valence-corrected chi connectivity index (χ2v) is 9.29. The molecule has 2 aliphatic heterocycles. The lowest BCUT2D eigenvalue weighted by Gasteiger charge is -2.39. The Morgan fingerprint density at radius 3 is 2.03 bits per heavy atom. The van der Waals surface area contributed by atoms with E-state index in [-0.39, 0.29) is 17.2 Å². The molecular weight excluding hydrogens is 378 g/mol. The lowest BCUT2D eigenvalue weighted by atomic mass is 9.72. The Bertz CT molecular complexity index is 690. The third-order valence-corrected chi connectivity index (χ3v) is 7.13. The normalized spacial score (nSPS) is 23.1. The molecule has 2 amide bonds. The highest BCUT2D eigenvalue weighted by atomic mass is 16.2. The first-order chi connectivity index (χ1) is 14.7. The monoisotopic (exact) mass is 413 g/mol. The molecule has 7 nitrogen and oxygen atoms in total. The van der Waals surface area contributed by atoms with Gasteiger partial charge in [0.1, 0.15) is 0 Å². The van der Waals surface area contributed by atoms with Crippen LogP contribution in [0.25, 0.3) is 0 Å². The van der Waals surface area contributed by atoms with Crippen molar-refractivity contribution in [3.05, 3.63) is 18.5 Å². The first kappa shape index (κ1) is 21.2. The van der Waals surface area contributed by atoms with Crippen LogP contribution >= 0.6 is 0 Å². The van der Waals surface area contributed by atoms with E-state index in [1.807, 2.05) is 6.07 Å². The Hall–Kier alpha value is -2.02. The molecule has 1 spiro atoms. The molecule has 0 aromatic carbocycles. The Morgan fingerprint density at radius 2 is 1.40 bits per heavy atom. The van der Waals surface area contributed by atoms with Crippen LogP contribution in [0.1, 0.15) is 64.2 Å². The van der Waals surface area contributed by atoms with Crippen LogP contribution in [0, 0.1) is 5.41 Å². The molecular formula is C23H35N5O2. The lowest BCUT2D eigenvalue weighted by Crippen LogP contribution is -2.48. The van der Waals surface area contributed by atoms with Crippen molar-refractivity contribution in [1.29, 1.82) is 0 Å². The average molecular weight is 414 g/mol. The highest BCUT2D eigenvalue weighted by Crippen LogP contribution is 2.44. The molecule has 3 fully saturated rings. The van der Waals surface area contributed by atoms with Gasteiger partial charge in [0.2, 0.25) is 17.8 Å². The zero-order valence-corrected chi connectivity index (χ0v) is 18.1. The Balaban J connectivity index is 1.16. The van der Waals surface area contributed by atoms with Crippen molar-refractivity contribution in [2.24, 2.45) is 5.41 Å². The van der Waals surface area contributed by atoms with Gasteiger partial charge in [-0.05, 0) is 43.7 Å². The molecule has 1 aliphatic carbocycles. The lowest BCUT2D eigenvalue weighted by molar-refractivity contribution is -0.154. The number of likely N-dealkylation sites (tertiary alicyclic amines) is 1. The standard InChI is InChI=1S/C23H35N5O2/c29-20-18-23(8-3-1-2-4-9-23)19-21(30)28(20)13-6-5-12-26-14-16-27(17-15-26)22-24-10-7-11-25-22/h7,10-11H,1-6,8-9,12-19H2. The maximum atomic E-state index is 12.7. The molecule has 2 saturated heterocycles. The third kappa shape index (κ3) is 5.17. The molecule has 1 aromatic rings. The fourth-order valence-electron chi connectivity index (χ4n) is 5.35. The van der Waals surface area contributed by atoms with Crippen molar-refractivity contribution in [1.82, 2.24) is 19.8 Å². The summed E-state index contributed by atoms with van der Waals surface area (Å²) in [6.07, 6.45) is 13.6. The maximum absolute atomic E-state index is 12.7. The molecule has 30 heavy (non-hydrogen) atoms. The Kier molecular flexibility index (Phi) is 6.97. The first-order valence-corrected chi connectivity index (χ1v) is 11.7. The number of rotatable bonds is 6. The molecule has 0 N–H and O–H groups in total. The molecule has 4 rings (SSSR count). The number of amides is 2. The van der Waals surface area contributed by atoms with Gasteiger partial charge in [-0.15, -0.1) is 0 Å². The summed E-state index contributed by atoms with van der Waals surface area (Å²) in [5.74, 6) is 0.958. The van der Waals surface area contributed by atoms with Crippen molar-refractivity contribution in [2.45, 2.75) is 64.2 Å². The van der Waals surface area contributed by atoms with E-state index < -0.39 is 0 Å². The van der Waals surface area contributed by atoms with Crippen LogP contribution in [0.2, 0.25) is 0 Å². The summed E-state index contributed by atoms with van der Waals surface area (Å²) in [5, 5.41) is 0. The van der Waals surface area contributed by atoms with Crippen molar-refractivity contribution in [2.75, 3.05) is 44.2 Å². The SMILES string of the molecule is O=C1CC2(CCCCCC2)CC(=O)N1CCCCN1CCN(c2ncccn2)CC1. The minimum atomic E-state index is -0.0245. The summed E-state index contributed by atoms with van der Waals surface area (Å²) < 4.78 is 0. The molecule has 164 valence electrons. The van der Waals surface area contributed by atoms with Gasteiger partial charge in [0, 0.05) is 58.0 Å². The van der Waals surface area contributed by atoms with E-state index in [0.717, 1.165) is 64.4 Å². The van der Waals surface area contributed by atoms with Crippen molar-refractivity contribution in [3.63, 3.8) is 0 Å². The second-order valence-electron chi connectivity index (χ2n) is 9.29. The molecule has 0 bridgehead atoms. The van der Waals surface area contributed by atoms with E-state index in [1.165, 1.54) is 25.7 Å². The number of hydrogen-bond donors (Lipinski definition) is 0. The Labute approximate surface area is 179 Å². The summed E-state index contributed by atoms with van der Waals surface area (Å²) in [6.45, 7) is 5.49. The minimum absolute atomic E-state index is 0.0245. The molecule has 0 atom stereocenters. The molecule has 3 heterocycles. The fourth-order valence-corrected chi connectivity index (χ4v) is 5.35. The van der Waals surface area contributed by atoms with Gasteiger partial charge in [0.05, 0.1) is 0 Å². The van der Waals surface area contributed by atoms with Crippen LogP contribution in [0.4, 0.5) is 5.95 Å². The number of unbranched alkanes of at least 4 members (excludes halogenated alkanes) is 1. The zero-order valence-electron chi connectivity index (χ0n) is 18.1. The number of piperidine rings is 1. The Morgan fingerprint density at radius 1 is 0.800 bits per heavy atom. The predicted octanol–water partition coefficient (Wildman–Crippen LogP) is 2.87. The number of carbonyl (C=O) groups is 2. The fraction of sp³-hybridized carbons (Fsp3) is 0.739. The van der Waals surface area contributed by atoms with E-state index in [9.17, 15) is 9.59 Å². The van der Waals surface area contributed by atoms with Gasteiger partial charge in [-0.1, -0.05) is 25.7 Å². The maximum Gasteiger partial charge on any atom is 0.229 e. The van der Waals surface area contributed by atoms with Crippen LogP contribution in [-0.4, -0.2) is 70.9 Å². The van der Waals surface area contributed by atoms with Gasteiger partial charge >= 0.3 is 0 Å². The number of piperazine rings is 1. The molecule has 1 saturated carbocycles. The van der Waals surface area contributed by atoms with E-state index in [2.05, 4.69) is 19.8 Å².